The van der Waals surface area contributed by atoms with E-state index >= 15 is 0 Å². The third-order valence-corrected chi connectivity index (χ3v) is 3.60. The molecule has 5 heteroatoms. The van der Waals surface area contributed by atoms with Crippen LogP contribution in [0.4, 0.5) is 5.69 Å². The van der Waals surface area contributed by atoms with Crippen molar-refractivity contribution in [3.8, 4) is 5.75 Å². The molecule has 1 aliphatic heterocycles. The molecule has 0 aliphatic carbocycles. The Hall–Kier alpha value is -1.30. The first-order valence-corrected chi connectivity index (χ1v) is 7.60. The van der Waals surface area contributed by atoms with E-state index in [2.05, 4.69) is 4.90 Å². The number of hydrogen-bond acceptors (Lipinski definition) is 5. The third-order valence-electron chi connectivity index (χ3n) is 3.60. The number of nitrogen functional groups attached to an aromatic ring is 1. The van der Waals surface area contributed by atoms with Gasteiger partial charge in [0.15, 0.2) is 0 Å². The van der Waals surface area contributed by atoms with Crippen LogP contribution in [-0.4, -0.2) is 49.0 Å². The van der Waals surface area contributed by atoms with Crippen LogP contribution >= 0.6 is 0 Å². The monoisotopic (exact) mass is 294 g/mol. The van der Waals surface area contributed by atoms with Crippen molar-refractivity contribution < 1.29 is 14.6 Å². The van der Waals surface area contributed by atoms with E-state index in [0.717, 1.165) is 38.4 Å². The molecule has 1 aliphatic rings. The average molecular weight is 294 g/mol. The summed E-state index contributed by atoms with van der Waals surface area (Å²) in [4.78, 5) is 2.31. The lowest BCUT2D eigenvalue weighted by atomic mass is 10.1. The van der Waals surface area contributed by atoms with E-state index in [9.17, 15) is 5.11 Å². The molecule has 1 aromatic carbocycles. The molecule has 0 aromatic heterocycles. The van der Waals surface area contributed by atoms with E-state index in [-0.39, 0.29) is 6.10 Å². The van der Waals surface area contributed by atoms with Crippen molar-refractivity contribution in [2.75, 3.05) is 38.6 Å². The van der Waals surface area contributed by atoms with Gasteiger partial charge in [-0.15, -0.1) is 0 Å². The number of morpholine rings is 1. The summed E-state index contributed by atoms with van der Waals surface area (Å²) in [6.07, 6.45) is 0.289. The molecular weight excluding hydrogens is 268 g/mol. The highest BCUT2D eigenvalue weighted by atomic mass is 16.5. The van der Waals surface area contributed by atoms with Gasteiger partial charge in [0.2, 0.25) is 0 Å². The predicted molar refractivity (Wildman–Crippen MR) is 83.5 cm³/mol. The molecule has 1 fully saturated rings. The summed E-state index contributed by atoms with van der Waals surface area (Å²) in [7, 11) is 0. The molecule has 0 bridgehead atoms. The molecular formula is C16H26N2O3. The zero-order chi connectivity index (χ0) is 15.2. The molecule has 1 aromatic rings. The molecule has 1 heterocycles. The van der Waals surface area contributed by atoms with Crippen molar-refractivity contribution in [3.05, 3.63) is 23.8 Å². The largest absolute Gasteiger partial charge is 0.489 e. The smallest absolute Gasteiger partial charge is 0.142 e. The fourth-order valence-corrected chi connectivity index (χ4v) is 2.43. The molecule has 1 unspecified atom stereocenters. The lowest BCUT2D eigenvalue weighted by molar-refractivity contribution is 0.0300. The van der Waals surface area contributed by atoms with Gasteiger partial charge in [-0.2, -0.15) is 0 Å². The number of aliphatic hydroxyl groups excluding tert-OH is 1. The molecule has 0 saturated carbocycles. The summed E-state index contributed by atoms with van der Waals surface area (Å²) in [5.41, 5.74) is 7.40. The summed E-state index contributed by atoms with van der Waals surface area (Å²) < 4.78 is 10.9. The number of rotatable bonds is 6. The highest BCUT2D eigenvalue weighted by molar-refractivity contribution is 5.54. The number of benzene rings is 1. The average Bonchev–Trinajstić information content (AvgIpc) is 2.47. The van der Waals surface area contributed by atoms with E-state index in [4.69, 9.17) is 15.2 Å². The van der Waals surface area contributed by atoms with Crippen LogP contribution in [0.5, 0.6) is 5.75 Å². The molecule has 3 N–H and O–H groups in total. The number of ether oxygens (including phenoxy) is 2. The van der Waals surface area contributed by atoms with Gasteiger partial charge in [-0.1, -0.05) is 6.07 Å². The molecule has 0 amide bonds. The number of hydrogen-bond donors (Lipinski definition) is 2. The van der Waals surface area contributed by atoms with E-state index in [1.807, 2.05) is 32.0 Å². The van der Waals surface area contributed by atoms with Crippen molar-refractivity contribution in [2.45, 2.75) is 32.5 Å². The maximum atomic E-state index is 10.3. The summed E-state index contributed by atoms with van der Waals surface area (Å²) in [5, 5.41) is 10.3. The summed E-state index contributed by atoms with van der Waals surface area (Å²) in [6.45, 7) is 8.24. The Bertz CT molecular complexity index is 445. The van der Waals surface area contributed by atoms with Crippen LogP contribution in [0.25, 0.3) is 0 Å². The first-order valence-electron chi connectivity index (χ1n) is 7.60. The van der Waals surface area contributed by atoms with Crippen LogP contribution in [-0.2, 0) is 4.74 Å². The van der Waals surface area contributed by atoms with Crippen LogP contribution in [0.2, 0.25) is 0 Å². The molecule has 1 saturated heterocycles. The standard InChI is InChI=1S/C16H26N2O3/c1-12(2)21-16-4-3-13(11-14(16)17)15(19)5-6-18-7-9-20-10-8-18/h3-4,11-12,15,19H,5-10,17H2,1-2H3. The summed E-state index contributed by atoms with van der Waals surface area (Å²) in [5.74, 6) is 0.675. The van der Waals surface area contributed by atoms with Crippen molar-refractivity contribution in [1.82, 2.24) is 4.90 Å². The van der Waals surface area contributed by atoms with Gasteiger partial charge in [0.1, 0.15) is 5.75 Å². The first kappa shape index (κ1) is 16.1. The van der Waals surface area contributed by atoms with Crippen LogP contribution in [0.15, 0.2) is 18.2 Å². The molecule has 118 valence electrons. The zero-order valence-electron chi connectivity index (χ0n) is 12.9. The van der Waals surface area contributed by atoms with Crippen LogP contribution < -0.4 is 10.5 Å². The molecule has 0 spiro atoms. The van der Waals surface area contributed by atoms with E-state index in [0.29, 0.717) is 17.9 Å². The third kappa shape index (κ3) is 4.88. The summed E-state index contributed by atoms with van der Waals surface area (Å²) >= 11 is 0. The van der Waals surface area contributed by atoms with E-state index in [1.54, 1.807) is 0 Å². The van der Waals surface area contributed by atoms with E-state index in [1.165, 1.54) is 0 Å². The minimum Gasteiger partial charge on any atom is -0.489 e. The Morgan fingerprint density at radius 1 is 1.33 bits per heavy atom. The van der Waals surface area contributed by atoms with Gasteiger partial charge < -0.3 is 20.3 Å². The van der Waals surface area contributed by atoms with Crippen molar-refractivity contribution in [3.63, 3.8) is 0 Å². The summed E-state index contributed by atoms with van der Waals surface area (Å²) in [6, 6.07) is 5.53. The normalized spacial score (nSPS) is 17.9. The number of aliphatic hydroxyl groups is 1. The van der Waals surface area contributed by atoms with Gasteiger partial charge in [-0.3, -0.25) is 4.90 Å². The predicted octanol–water partition coefficient (Wildman–Crippen LogP) is 1.81. The second-order valence-electron chi connectivity index (χ2n) is 5.72. The Morgan fingerprint density at radius 3 is 2.67 bits per heavy atom. The number of nitrogens with two attached hydrogens (primary N) is 1. The SMILES string of the molecule is CC(C)Oc1ccc(C(O)CCN2CCOCC2)cc1N. The molecule has 0 radical (unpaired) electrons. The van der Waals surface area contributed by atoms with Gasteiger partial charge >= 0.3 is 0 Å². The highest BCUT2D eigenvalue weighted by Crippen LogP contribution is 2.27. The van der Waals surface area contributed by atoms with Crippen LogP contribution in [0.3, 0.4) is 0 Å². The fraction of sp³-hybridized carbons (Fsp3) is 0.625. The second kappa shape index (κ2) is 7.64. The van der Waals surface area contributed by atoms with Crippen molar-refractivity contribution in [2.24, 2.45) is 0 Å². The molecule has 2 rings (SSSR count). The minimum atomic E-state index is -0.497. The Labute approximate surface area is 126 Å². The van der Waals surface area contributed by atoms with Crippen molar-refractivity contribution >= 4 is 5.69 Å². The first-order chi connectivity index (χ1) is 10.1. The van der Waals surface area contributed by atoms with Gasteiger partial charge in [-0.25, -0.2) is 0 Å². The van der Waals surface area contributed by atoms with Gasteiger partial charge in [0.25, 0.3) is 0 Å². The lowest BCUT2D eigenvalue weighted by Gasteiger charge is -2.27. The maximum absolute atomic E-state index is 10.3. The Morgan fingerprint density at radius 2 is 2.05 bits per heavy atom. The van der Waals surface area contributed by atoms with Gasteiger partial charge in [0, 0.05) is 19.6 Å². The van der Waals surface area contributed by atoms with Crippen LogP contribution in [0, 0.1) is 0 Å². The highest BCUT2D eigenvalue weighted by Gasteiger charge is 2.15. The maximum Gasteiger partial charge on any atom is 0.142 e. The fourth-order valence-electron chi connectivity index (χ4n) is 2.43. The van der Waals surface area contributed by atoms with Crippen LogP contribution in [0.1, 0.15) is 31.9 Å². The Kier molecular flexibility index (Phi) is 5.85. The zero-order valence-corrected chi connectivity index (χ0v) is 12.9. The number of anilines is 1. The van der Waals surface area contributed by atoms with E-state index < -0.39 is 6.10 Å². The lowest BCUT2D eigenvalue weighted by Crippen LogP contribution is -2.37. The molecule has 21 heavy (non-hydrogen) atoms. The van der Waals surface area contributed by atoms with Gasteiger partial charge in [-0.05, 0) is 38.0 Å². The molecule has 5 nitrogen and oxygen atoms in total. The minimum absolute atomic E-state index is 0.0874. The second-order valence-corrected chi connectivity index (χ2v) is 5.72. The topological polar surface area (TPSA) is 68.0 Å². The van der Waals surface area contributed by atoms with Crippen molar-refractivity contribution in [1.29, 1.82) is 0 Å². The van der Waals surface area contributed by atoms with Gasteiger partial charge in [0.05, 0.1) is 31.1 Å². The number of nitrogens with zero attached hydrogens (tertiary/aromatic N) is 1. The quantitative estimate of drug-likeness (QED) is 0.783. The Balaban J connectivity index is 1.89. The molecule has 1 atom stereocenters.